The molecule has 3 aromatic carbocycles. The standard InChI is InChI=1S/C25H16ClFN2S/c26-23-9-5-4-8-19(23)16-30-25-22(15-28)21(17-10-12-20(27)13-11-17)14-24(29-25)18-6-2-1-3-7-18/h1-14H,16H2. The predicted octanol–water partition coefficient (Wildman–Crippen LogP) is 7.37. The summed E-state index contributed by atoms with van der Waals surface area (Å²) in [6, 6.07) is 27.8. The average molecular weight is 431 g/mol. The third kappa shape index (κ3) is 4.38. The maximum Gasteiger partial charge on any atom is 0.123 e. The maximum atomic E-state index is 13.5. The molecule has 5 heteroatoms. The van der Waals surface area contributed by atoms with Gasteiger partial charge in [-0.05, 0) is 35.4 Å². The molecule has 0 N–H and O–H groups in total. The predicted molar refractivity (Wildman–Crippen MR) is 121 cm³/mol. The summed E-state index contributed by atoms with van der Waals surface area (Å²) in [5, 5.41) is 11.2. The van der Waals surface area contributed by atoms with Crippen molar-refractivity contribution in [1.29, 1.82) is 5.26 Å². The van der Waals surface area contributed by atoms with Crippen LogP contribution in [0.3, 0.4) is 0 Å². The van der Waals surface area contributed by atoms with Gasteiger partial charge in [0.1, 0.15) is 16.9 Å². The van der Waals surface area contributed by atoms with Crippen LogP contribution in [0.4, 0.5) is 4.39 Å². The molecule has 0 unspecified atom stereocenters. The minimum atomic E-state index is -0.317. The summed E-state index contributed by atoms with van der Waals surface area (Å²) in [5.41, 5.74) is 4.65. The molecule has 0 radical (unpaired) electrons. The highest BCUT2D eigenvalue weighted by Crippen LogP contribution is 2.36. The number of hydrogen-bond donors (Lipinski definition) is 0. The number of aromatic nitrogens is 1. The van der Waals surface area contributed by atoms with Gasteiger partial charge in [0, 0.05) is 21.9 Å². The van der Waals surface area contributed by atoms with Crippen LogP contribution in [0.5, 0.6) is 0 Å². The van der Waals surface area contributed by atoms with Gasteiger partial charge in [-0.25, -0.2) is 9.37 Å². The lowest BCUT2D eigenvalue weighted by atomic mass is 9.99. The molecule has 0 spiro atoms. The first kappa shape index (κ1) is 20.2. The van der Waals surface area contributed by atoms with Crippen molar-refractivity contribution in [3.05, 3.63) is 107 Å². The summed E-state index contributed by atoms with van der Waals surface area (Å²) >= 11 is 7.77. The van der Waals surface area contributed by atoms with E-state index in [1.807, 2.05) is 60.7 Å². The summed E-state index contributed by atoms with van der Waals surface area (Å²) in [6.45, 7) is 0. The van der Waals surface area contributed by atoms with Crippen LogP contribution >= 0.6 is 23.4 Å². The number of halogens is 2. The lowest BCUT2D eigenvalue weighted by Crippen LogP contribution is -1.96. The number of hydrogen-bond acceptors (Lipinski definition) is 3. The second-order valence-electron chi connectivity index (χ2n) is 6.60. The van der Waals surface area contributed by atoms with E-state index in [2.05, 4.69) is 6.07 Å². The highest BCUT2D eigenvalue weighted by Gasteiger charge is 2.16. The van der Waals surface area contributed by atoms with Crippen LogP contribution < -0.4 is 0 Å². The van der Waals surface area contributed by atoms with Crippen LogP contribution in [-0.2, 0) is 5.75 Å². The first-order valence-electron chi connectivity index (χ1n) is 9.28. The van der Waals surface area contributed by atoms with E-state index >= 15 is 0 Å². The molecule has 0 bridgehead atoms. The molecule has 0 amide bonds. The van der Waals surface area contributed by atoms with E-state index in [0.29, 0.717) is 21.4 Å². The van der Waals surface area contributed by atoms with Gasteiger partial charge in [-0.1, -0.05) is 72.3 Å². The molecule has 0 saturated carbocycles. The Hall–Kier alpha value is -3.13. The summed E-state index contributed by atoms with van der Waals surface area (Å²) in [7, 11) is 0. The fourth-order valence-corrected chi connectivity index (χ4v) is 4.40. The van der Waals surface area contributed by atoms with Crippen molar-refractivity contribution in [3.63, 3.8) is 0 Å². The fraction of sp³-hybridized carbons (Fsp3) is 0.0400. The maximum absolute atomic E-state index is 13.5. The van der Waals surface area contributed by atoms with Gasteiger partial charge < -0.3 is 0 Å². The van der Waals surface area contributed by atoms with E-state index in [9.17, 15) is 9.65 Å². The van der Waals surface area contributed by atoms with Crippen LogP contribution in [-0.4, -0.2) is 4.98 Å². The van der Waals surface area contributed by atoms with Crippen molar-refractivity contribution in [1.82, 2.24) is 4.98 Å². The van der Waals surface area contributed by atoms with Gasteiger partial charge in [0.2, 0.25) is 0 Å². The molecule has 0 fully saturated rings. The zero-order chi connectivity index (χ0) is 20.9. The molecule has 4 aromatic rings. The Kier molecular flexibility index (Phi) is 6.13. The van der Waals surface area contributed by atoms with Gasteiger partial charge in [-0.15, -0.1) is 11.8 Å². The SMILES string of the molecule is N#Cc1c(-c2ccc(F)cc2)cc(-c2ccccc2)nc1SCc1ccccc1Cl. The van der Waals surface area contributed by atoms with Crippen molar-refractivity contribution >= 4 is 23.4 Å². The molecular formula is C25H16ClFN2S. The van der Waals surface area contributed by atoms with Crippen LogP contribution in [0.15, 0.2) is 90.0 Å². The molecule has 1 aromatic heterocycles. The average Bonchev–Trinajstić information content (AvgIpc) is 2.79. The summed E-state index contributed by atoms with van der Waals surface area (Å²) < 4.78 is 13.5. The van der Waals surface area contributed by atoms with Gasteiger partial charge in [0.15, 0.2) is 0 Å². The number of nitriles is 1. The van der Waals surface area contributed by atoms with E-state index in [4.69, 9.17) is 16.6 Å². The van der Waals surface area contributed by atoms with Crippen molar-refractivity contribution in [3.8, 4) is 28.5 Å². The second-order valence-corrected chi connectivity index (χ2v) is 7.97. The second kappa shape index (κ2) is 9.13. The first-order valence-corrected chi connectivity index (χ1v) is 10.6. The Balaban J connectivity index is 1.83. The molecule has 146 valence electrons. The van der Waals surface area contributed by atoms with Gasteiger partial charge in [-0.3, -0.25) is 0 Å². The van der Waals surface area contributed by atoms with Gasteiger partial charge >= 0.3 is 0 Å². The van der Waals surface area contributed by atoms with E-state index in [-0.39, 0.29) is 5.82 Å². The first-order chi connectivity index (χ1) is 14.7. The van der Waals surface area contributed by atoms with Crippen LogP contribution in [0, 0.1) is 17.1 Å². The molecule has 0 aliphatic rings. The molecule has 1 heterocycles. The number of thioether (sulfide) groups is 1. The number of rotatable bonds is 5. The molecule has 2 nitrogen and oxygen atoms in total. The highest BCUT2D eigenvalue weighted by molar-refractivity contribution is 7.98. The van der Waals surface area contributed by atoms with E-state index in [1.165, 1.54) is 23.9 Å². The van der Waals surface area contributed by atoms with Crippen molar-refractivity contribution in [2.45, 2.75) is 10.8 Å². The minimum absolute atomic E-state index is 0.317. The van der Waals surface area contributed by atoms with Crippen LogP contribution in [0.1, 0.15) is 11.1 Å². The van der Waals surface area contributed by atoms with Crippen LogP contribution in [0.25, 0.3) is 22.4 Å². The third-order valence-electron chi connectivity index (χ3n) is 4.65. The molecule has 0 atom stereocenters. The number of pyridine rings is 1. The number of benzene rings is 3. The van der Waals surface area contributed by atoms with E-state index < -0.39 is 0 Å². The zero-order valence-corrected chi connectivity index (χ0v) is 17.4. The van der Waals surface area contributed by atoms with E-state index in [0.717, 1.165) is 27.9 Å². The Morgan fingerprint density at radius 2 is 1.60 bits per heavy atom. The van der Waals surface area contributed by atoms with Gasteiger partial charge in [0.25, 0.3) is 0 Å². The highest BCUT2D eigenvalue weighted by atomic mass is 35.5. The van der Waals surface area contributed by atoms with E-state index in [1.54, 1.807) is 12.1 Å². The van der Waals surface area contributed by atoms with Crippen molar-refractivity contribution < 1.29 is 4.39 Å². The quantitative estimate of drug-likeness (QED) is 0.310. The molecule has 0 aliphatic heterocycles. The lowest BCUT2D eigenvalue weighted by Gasteiger charge is -2.13. The normalized spacial score (nSPS) is 10.6. The zero-order valence-electron chi connectivity index (χ0n) is 15.8. The Morgan fingerprint density at radius 1 is 0.900 bits per heavy atom. The van der Waals surface area contributed by atoms with Gasteiger partial charge in [0.05, 0.1) is 11.3 Å². The smallest absolute Gasteiger partial charge is 0.123 e. The monoisotopic (exact) mass is 430 g/mol. The summed E-state index contributed by atoms with van der Waals surface area (Å²) in [4.78, 5) is 4.79. The summed E-state index contributed by atoms with van der Waals surface area (Å²) in [5.74, 6) is 0.269. The number of nitrogens with zero attached hydrogens (tertiary/aromatic N) is 2. The molecule has 4 rings (SSSR count). The lowest BCUT2D eigenvalue weighted by molar-refractivity contribution is 0.628. The largest absolute Gasteiger partial charge is 0.240 e. The summed E-state index contributed by atoms with van der Waals surface area (Å²) in [6.07, 6.45) is 0. The molecule has 30 heavy (non-hydrogen) atoms. The molecule has 0 saturated heterocycles. The Bertz CT molecular complexity index is 1220. The van der Waals surface area contributed by atoms with Crippen molar-refractivity contribution in [2.24, 2.45) is 0 Å². The van der Waals surface area contributed by atoms with Crippen LogP contribution in [0.2, 0.25) is 5.02 Å². The third-order valence-corrected chi connectivity index (χ3v) is 6.04. The topological polar surface area (TPSA) is 36.7 Å². The molecule has 0 aliphatic carbocycles. The van der Waals surface area contributed by atoms with Gasteiger partial charge in [-0.2, -0.15) is 5.26 Å². The Morgan fingerprint density at radius 3 is 2.30 bits per heavy atom. The van der Waals surface area contributed by atoms with Crippen molar-refractivity contribution in [2.75, 3.05) is 0 Å². The molecular weight excluding hydrogens is 415 g/mol. The minimum Gasteiger partial charge on any atom is -0.240 e. The Labute approximate surface area is 184 Å². The fourth-order valence-electron chi connectivity index (χ4n) is 3.11.